The highest BCUT2D eigenvalue weighted by molar-refractivity contribution is 5.88. The van der Waals surface area contributed by atoms with Gasteiger partial charge in [-0.2, -0.15) is 0 Å². The molecule has 0 amide bonds. The number of hydrogen-bond acceptors (Lipinski definition) is 2. The molecule has 2 heteroatoms. The van der Waals surface area contributed by atoms with E-state index in [1.54, 1.807) is 0 Å². The molecule has 4 rings (SSSR count). The van der Waals surface area contributed by atoms with Gasteiger partial charge in [0.15, 0.2) is 5.76 Å². The second-order valence-corrected chi connectivity index (χ2v) is 7.02. The lowest BCUT2D eigenvalue weighted by molar-refractivity contribution is 0.427. The van der Waals surface area contributed by atoms with E-state index in [1.165, 1.54) is 29.2 Å². The number of hydrogen-bond donors (Lipinski definition) is 0. The van der Waals surface area contributed by atoms with Gasteiger partial charge in [-0.1, -0.05) is 42.1 Å². The minimum atomic E-state index is 0.263. The van der Waals surface area contributed by atoms with Crippen LogP contribution in [-0.4, -0.2) is 5.16 Å². The van der Waals surface area contributed by atoms with Gasteiger partial charge < -0.3 is 4.52 Å². The summed E-state index contributed by atoms with van der Waals surface area (Å²) in [5, 5.41) is 6.53. The Labute approximate surface area is 142 Å². The molecule has 0 radical (unpaired) electrons. The number of fused-ring (bicyclic) bond motifs is 1. The standard InChI is InChI=1S/C22H21NO/c1-4-20-15(2)23-24-21(20)19-8-7-17-13-16(5-6-18(17)14-19)9-10-22(3)11-12-22/h5-8,13-14H,4,11-12H2,1-3H3. The molecule has 0 saturated heterocycles. The van der Waals surface area contributed by atoms with Crippen molar-refractivity contribution in [2.45, 2.75) is 40.0 Å². The van der Waals surface area contributed by atoms with E-state index in [-0.39, 0.29) is 5.41 Å². The van der Waals surface area contributed by atoms with Gasteiger partial charge in [-0.25, -0.2) is 0 Å². The van der Waals surface area contributed by atoms with Crippen LogP contribution < -0.4 is 0 Å². The molecule has 0 N–H and O–H groups in total. The molecule has 24 heavy (non-hydrogen) atoms. The fourth-order valence-electron chi connectivity index (χ4n) is 3.03. The lowest BCUT2D eigenvalue weighted by atomic mass is 10.00. The molecule has 0 aliphatic heterocycles. The first kappa shape index (κ1) is 15.0. The van der Waals surface area contributed by atoms with Crippen molar-refractivity contribution in [3.63, 3.8) is 0 Å². The third kappa shape index (κ3) is 2.71. The molecule has 1 fully saturated rings. The van der Waals surface area contributed by atoms with Gasteiger partial charge in [0.05, 0.1) is 5.69 Å². The van der Waals surface area contributed by atoms with E-state index < -0.39 is 0 Å². The van der Waals surface area contributed by atoms with E-state index in [2.05, 4.69) is 67.2 Å². The molecule has 2 nitrogen and oxygen atoms in total. The fraction of sp³-hybridized carbons (Fsp3) is 0.318. The second-order valence-electron chi connectivity index (χ2n) is 7.02. The molecular formula is C22H21NO. The molecule has 120 valence electrons. The van der Waals surface area contributed by atoms with Gasteiger partial charge in [0.25, 0.3) is 0 Å². The fourth-order valence-corrected chi connectivity index (χ4v) is 3.03. The van der Waals surface area contributed by atoms with Crippen LogP contribution in [0.1, 0.15) is 43.5 Å². The third-order valence-corrected chi connectivity index (χ3v) is 4.95. The molecule has 0 unspecified atom stereocenters. The van der Waals surface area contributed by atoms with Gasteiger partial charge in [0, 0.05) is 22.1 Å². The van der Waals surface area contributed by atoms with Crippen LogP contribution in [0.3, 0.4) is 0 Å². The lowest BCUT2D eigenvalue weighted by Gasteiger charge is -2.04. The summed E-state index contributed by atoms with van der Waals surface area (Å²) < 4.78 is 5.56. The molecule has 0 spiro atoms. The van der Waals surface area contributed by atoms with Crippen LogP contribution in [0.4, 0.5) is 0 Å². The normalized spacial score (nSPS) is 15.1. The van der Waals surface area contributed by atoms with Gasteiger partial charge in [0.1, 0.15) is 0 Å². The van der Waals surface area contributed by atoms with Gasteiger partial charge in [0.2, 0.25) is 0 Å². The molecular weight excluding hydrogens is 294 g/mol. The molecule has 1 heterocycles. The number of aromatic nitrogens is 1. The summed E-state index contributed by atoms with van der Waals surface area (Å²) in [7, 11) is 0. The minimum Gasteiger partial charge on any atom is -0.356 e. The Kier molecular flexibility index (Phi) is 3.46. The van der Waals surface area contributed by atoms with E-state index in [0.717, 1.165) is 29.0 Å². The van der Waals surface area contributed by atoms with Crippen molar-refractivity contribution in [3.05, 3.63) is 53.2 Å². The Morgan fingerprint density at radius 2 is 1.88 bits per heavy atom. The van der Waals surface area contributed by atoms with E-state index >= 15 is 0 Å². The van der Waals surface area contributed by atoms with Gasteiger partial charge in [-0.05, 0) is 62.1 Å². The molecule has 1 saturated carbocycles. The highest BCUT2D eigenvalue weighted by Gasteiger charge is 2.35. The summed E-state index contributed by atoms with van der Waals surface area (Å²) in [4.78, 5) is 0. The predicted octanol–water partition coefficient (Wildman–Crippen LogP) is 5.52. The predicted molar refractivity (Wildman–Crippen MR) is 97.8 cm³/mol. The van der Waals surface area contributed by atoms with Crippen molar-refractivity contribution < 1.29 is 4.52 Å². The van der Waals surface area contributed by atoms with Gasteiger partial charge in [-0.15, -0.1) is 0 Å². The van der Waals surface area contributed by atoms with Crippen LogP contribution >= 0.6 is 0 Å². The summed E-state index contributed by atoms with van der Waals surface area (Å²) in [6, 6.07) is 12.9. The second kappa shape index (κ2) is 5.53. The van der Waals surface area contributed by atoms with E-state index in [1.807, 2.05) is 6.92 Å². The van der Waals surface area contributed by atoms with Crippen molar-refractivity contribution in [1.82, 2.24) is 5.16 Å². The zero-order valence-corrected chi connectivity index (χ0v) is 14.4. The van der Waals surface area contributed by atoms with Crippen LogP contribution in [-0.2, 0) is 6.42 Å². The quantitative estimate of drug-likeness (QED) is 0.582. The first-order chi connectivity index (χ1) is 11.6. The Hall–Kier alpha value is -2.53. The smallest absolute Gasteiger partial charge is 0.170 e. The zero-order chi connectivity index (χ0) is 16.7. The first-order valence-electron chi connectivity index (χ1n) is 8.60. The van der Waals surface area contributed by atoms with Gasteiger partial charge in [-0.3, -0.25) is 0 Å². The first-order valence-corrected chi connectivity index (χ1v) is 8.60. The number of rotatable bonds is 2. The van der Waals surface area contributed by atoms with Crippen LogP contribution in [0, 0.1) is 24.2 Å². The SMILES string of the molecule is CCc1c(C)noc1-c1ccc2cc(C#CC3(C)CC3)ccc2c1. The maximum atomic E-state index is 5.56. The topological polar surface area (TPSA) is 26.0 Å². The molecule has 1 aromatic heterocycles. The van der Waals surface area contributed by atoms with Crippen LogP contribution in [0.2, 0.25) is 0 Å². The highest BCUT2D eigenvalue weighted by atomic mass is 16.5. The Morgan fingerprint density at radius 1 is 1.12 bits per heavy atom. The molecule has 0 atom stereocenters. The van der Waals surface area contributed by atoms with Crippen molar-refractivity contribution in [1.29, 1.82) is 0 Å². The van der Waals surface area contributed by atoms with Crippen LogP contribution in [0.5, 0.6) is 0 Å². The van der Waals surface area contributed by atoms with Crippen molar-refractivity contribution >= 4 is 10.8 Å². The summed E-state index contributed by atoms with van der Waals surface area (Å²) in [5.74, 6) is 7.62. The monoisotopic (exact) mass is 315 g/mol. The summed E-state index contributed by atoms with van der Waals surface area (Å²) in [6.45, 7) is 6.37. The summed E-state index contributed by atoms with van der Waals surface area (Å²) >= 11 is 0. The van der Waals surface area contributed by atoms with Crippen LogP contribution in [0.15, 0.2) is 40.9 Å². The summed E-state index contributed by atoms with van der Waals surface area (Å²) in [6.07, 6.45) is 3.39. The van der Waals surface area contributed by atoms with Gasteiger partial charge >= 0.3 is 0 Å². The third-order valence-electron chi connectivity index (χ3n) is 4.95. The minimum absolute atomic E-state index is 0.263. The molecule has 0 bridgehead atoms. The zero-order valence-electron chi connectivity index (χ0n) is 14.4. The number of aryl methyl sites for hydroxylation is 1. The lowest BCUT2D eigenvalue weighted by Crippen LogP contribution is -1.87. The average Bonchev–Trinajstić information content (AvgIpc) is 3.22. The maximum absolute atomic E-state index is 5.56. The van der Waals surface area contributed by atoms with Crippen molar-refractivity contribution in [2.75, 3.05) is 0 Å². The van der Waals surface area contributed by atoms with E-state index in [4.69, 9.17) is 4.52 Å². The van der Waals surface area contributed by atoms with E-state index in [9.17, 15) is 0 Å². The molecule has 1 aliphatic carbocycles. The maximum Gasteiger partial charge on any atom is 0.170 e. The van der Waals surface area contributed by atoms with Crippen molar-refractivity contribution in [2.24, 2.45) is 5.41 Å². The highest BCUT2D eigenvalue weighted by Crippen LogP contribution is 2.44. The van der Waals surface area contributed by atoms with Crippen LogP contribution in [0.25, 0.3) is 22.1 Å². The largest absolute Gasteiger partial charge is 0.356 e. The Bertz CT molecular complexity index is 980. The molecule has 1 aliphatic rings. The average molecular weight is 315 g/mol. The molecule has 2 aromatic carbocycles. The van der Waals surface area contributed by atoms with E-state index in [0.29, 0.717) is 0 Å². The number of benzene rings is 2. The Morgan fingerprint density at radius 3 is 2.62 bits per heavy atom. The van der Waals surface area contributed by atoms with Crippen molar-refractivity contribution in [3.8, 4) is 23.2 Å². The molecule has 3 aromatic rings. The summed E-state index contributed by atoms with van der Waals surface area (Å²) in [5.41, 5.74) is 4.61. The Balaban J connectivity index is 1.72. The number of nitrogens with zero attached hydrogens (tertiary/aromatic N) is 1.